The lowest BCUT2D eigenvalue weighted by molar-refractivity contribution is -0.138. The van der Waals surface area contributed by atoms with Gasteiger partial charge in [0.2, 0.25) is 0 Å². The molecule has 0 radical (unpaired) electrons. The molecule has 1 fully saturated rings. The highest BCUT2D eigenvalue weighted by Gasteiger charge is 2.30. The average Bonchev–Trinajstić information content (AvgIpc) is 3.47. The quantitative estimate of drug-likeness (QED) is 0.416. The van der Waals surface area contributed by atoms with Gasteiger partial charge in [-0.05, 0) is 50.7 Å². The number of aliphatic carboxylic acids is 1. The van der Waals surface area contributed by atoms with E-state index < -0.39 is 5.97 Å². The lowest BCUT2D eigenvalue weighted by atomic mass is 9.78. The van der Waals surface area contributed by atoms with Crippen LogP contribution in [0.15, 0.2) is 48.9 Å². The second kappa shape index (κ2) is 8.74. The van der Waals surface area contributed by atoms with Crippen LogP contribution in [-0.4, -0.2) is 41.2 Å². The molecule has 174 valence electrons. The number of nitrogens with zero attached hydrogens (tertiary/aromatic N) is 5. The minimum atomic E-state index is -0.767. The molecule has 0 bridgehead atoms. The van der Waals surface area contributed by atoms with E-state index in [0.29, 0.717) is 16.9 Å². The van der Waals surface area contributed by atoms with Gasteiger partial charge in [0.15, 0.2) is 11.4 Å². The van der Waals surface area contributed by atoms with Gasteiger partial charge in [-0.15, -0.1) is 0 Å². The van der Waals surface area contributed by atoms with Crippen LogP contribution in [-0.2, 0) is 4.79 Å². The first-order valence-electron chi connectivity index (χ1n) is 11.4. The van der Waals surface area contributed by atoms with Crippen molar-refractivity contribution in [3.63, 3.8) is 0 Å². The second-order valence-corrected chi connectivity index (χ2v) is 8.93. The van der Waals surface area contributed by atoms with E-state index in [0.717, 1.165) is 42.5 Å². The molecule has 1 aliphatic rings. The fourth-order valence-corrected chi connectivity index (χ4v) is 4.96. The van der Waals surface area contributed by atoms with Crippen LogP contribution in [0.2, 0.25) is 0 Å². The maximum atomic E-state index is 12.6. The number of hydrogen-bond acceptors (Lipinski definition) is 6. The number of rotatable bonds is 6. The van der Waals surface area contributed by atoms with Gasteiger partial charge in [0, 0.05) is 29.7 Å². The molecule has 3 N–H and O–H groups in total. The summed E-state index contributed by atoms with van der Waals surface area (Å²) >= 11 is 0. The number of carboxylic acids is 1. The summed E-state index contributed by atoms with van der Waals surface area (Å²) in [5.41, 5.74) is 10.7. The molecule has 0 spiro atoms. The minimum absolute atomic E-state index is 0.0473. The summed E-state index contributed by atoms with van der Waals surface area (Å²) in [5.74, 6) is -0.432. The van der Waals surface area contributed by atoms with Crippen LogP contribution in [0.3, 0.4) is 0 Å². The van der Waals surface area contributed by atoms with E-state index in [2.05, 4.69) is 10.2 Å². The highest BCUT2D eigenvalue weighted by atomic mass is 16.4. The van der Waals surface area contributed by atoms with Crippen molar-refractivity contribution in [2.24, 2.45) is 5.92 Å². The van der Waals surface area contributed by atoms with Crippen molar-refractivity contribution in [1.82, 2.24) is 24.4 Å². The zero-order valence-corrected chi connectivity index (χ0v) is 18.9. The predicted octanol–water partition coefficient (Wildman–Crippen LogP) is 4.12. The van der Waals surface area contributed by atoms with Gasteiger partial charge in [0.1, 0.15) is 5.82 Å². The number of hydrogen-bond donors (Lipinski definition) is 2. The molecule has 1 aromatic carbocycles. The van der Waals surface area contributed by atoms with Crippen molar-refractivity contribution in [2.75, 3.05) is 5.73 Å². The summed E-state index contributed by atoms with van der Waals surface area (Å²) < 4.78 is 3.31. The molecular weight excluding hydrogens is 432 g/mol. The van der Waals surface area contributed by atoms with Crippen LogP contribution in [0.25, 0.3) is 22.5 Å². The molecule has 4 aromatic rings. The summed E-state index contributed by atoms with van der Waals surface area (Å²) in [6.07, 6.45) is 8.68. The standard InChI is InChI=1S/C25H26N6O3/c1-15(32)22-23(17-9-7-16(8-10-17)11-21(33)34)29-25-20(13-28-31(25)24(22)26)18-12-27-30(14-18)19-5-3-2-4-6-19/h2-6,12-14,16-17H,7-11,26H2,1H3,(H,33,34). The zero-order valence-electron chi connectivity index (χ0n) is 18.9. The first-order valence-corrected chi connectivity index (χ1v) is 11.4. The number of anilines is 1. The van der Waals surface area contributed by atoms with Gasteiger partial charge >= 0.3 is 5.97 Å². The van der Waals surface area contributed by atoms with Crippen LogP contribution in [0.1, 0.15) is 61.0 Å². The molecule has 3 heterocycles. The van der Waals surface area contributed by atoms with E-state index in [4.69, 9.17) is 15.8 Å². The smallest absolute Gasteiger partial charge is 0.303 e. The number of benzene rings is 1. The Morgan fingerprint density at radius 2 is 1.82 bits per heavy atom. The molecule has 0 unspecified atom stereocenters. The fourth-order valence-electron chi connectivity index (χ4n) is 4.96. The third-order valence-corrected chi connectivity index (χ3v) is 6.67. The number of ketones is 1. The largest absolute Gasteiger partial charge is 0.481 e. The van der Waals surface area contributed by atoms with Crippen molar-refractivity contribution in [3.8, 4) is 16.8 Å². The number of carbonyl (C=O) groups excluding carboxylic acids is 1. The molecule has 1 aliphatic carbocycles. The number of carbonyl (C=O) groups is 2. The Bertz CT molecular complexity index is 1370. The molecule has 5 rings (SSSR count). The Morgan fingerprint density at radius 1 is 1.09 bits per heavy atom. The van der Waals surface area contributed by atoms with Crippen molar-refractivity contribution in [2.45, 2.75) is 44.9 Å². The van der Waals surface area contributed by atoms with Crippen LogP contribution >= 0.6 is 0 Å². The number of Topliss-reactive ketones (excluding diaryl/α,β-unsaturated/α-hetero) is 1. The number of fused-ring (bicyclic) bond motifs is 1. The lowest BCUT2D eigenvalue weighted by Crippen LogP contribution is -2.21. The highest BCUT2D eigenvalue weighted by molar-refractivity contribution is 6.00. The normalized spacial score (nSPS) is 18.3. The van der Waals surface area contributed by atoms with E-state index in [-0.39, 0.29) is 29.9 Å². The zero-order chi connectivity index (χ0) is 23.8. The molecule has 34 heavy (non-hydrogen) atoms. The molecule has 9 nitrogen and oxygen atoms in total. The topological polar surface area (TPSA) is 128 Å². The van der Waals surface area contributed by atoms with E-state index in [1.807, 2.05) is 36.5 Å². The second-order valence-electron chi connectivity index (χ2n) is 8.93. The Hall–Kier alpha value is -4.01. The molecule has 0 atom stereocenters. The Labute approximate surface area is 196 Å². The minimum Gasteiger partial charge on any atom is -0.481 e. The van der Waals surface area contributed by atoms with Gasteiger partial charge in [-0.25, -0.2) is 9.67 Å². The first-order chi connectivity index (χ1) is 16.4. The number of nitrogens with two attached hydrogens (primary N) is 1. The third kappa shape index (κ3) is 3.93. The van der Waals surface area contributed by atoms with Crippen LogP contribution in [0.5, 0.6) is 0 Å². The molecule has 0 aliphatic heterocycles. The average molecular weight is 459 g/mol. The van der Waals surface area contributed by atoms with Crippen LogP contribution < -0.4 is 5.73 Å². The van der Waals surface area contributed by atoms with E-state index in [9.17, 15) is 9.59 Å². The number of carboxylic acid groups (broad SMARTS) is 1. The summed E-state index contributed by atoms with van der Waals surface area (Å²) in [5, 5.41) is 18.0. The number of para-hydroxylation sites is 1. The molecule has 3 aromatic heterocycles. The monoisotopic (exact) mass is 458 g/mol. The summed E-state index contributed by atoms with van der Waals surface area (Å²) in [7, 11) is 0. The summed E-state index contributed by atoms with van der Waals surface area (Å²) in [6, 6.07) is 9.81. The van der Waals surface area contributed by atoms with Gasteiger partial charge in [-0.1, -0.05) is 18.2 Å². The van der Waals surface area contributed by atoms with Crippen molar-refractivity contribution >= 4 is 23.2 Å². The van der Waals surface area contributed by atoms with Gasteiger partial charge in [0.05, 0.1) is 29.3 Å². The van der Waals surface area contributed by atoms with Gasteiger partial charge in [-0.2, -0.15) is 14.7 Å². The van der Waals surface area contributed by atoms with Gasteiger partial charge < -0.3 is 10.8 Å². The number of aromatic nitrogens is 5. The molecule has 9 heteroatoms. The maximum absolute atomic E-state index is 12.6. The first kappa shape index (κ1) is 21.8. The Balaban J connectivity index is 1.54. The van der Waals surface area contributed by atoms with Crippen molar-refractivity contribution < 1.29 is 14.7 Å². The molecule has 0 saturated heterocycles. The van der Waals surface area contributed by atoms with E-state index >= 15 is 0 Å². The van der Waals surface area contributed by atoms with Gasteiger partial charge in [0.25, 0.3) is 0 Å². The molecule has 0 amide bonds. The summed E-state index contributed by atoms with van der Waals surface area (Å²) in [6.45, 7) is 1.49. The van der Waals surface area contributed by atoms with Crippen LogP contribution in [0.4, 0.5) is 5.82 Å². The van der Waals surface area contributed by atoms with Gasteiger partial charge in [-0.3, -0.25) is 9.59 Å². The van der Waals surface area contributed by atoms with Crippen LogP contribution in [0, 0.1) is 5.92 Å². The highest BCUT2D eigenvalue weighted by Crippen LogP contribution is 2.39. The third-order valence-electron chi connectivity index (χ3n) is 6.67. The predicted molar refractivity (Wildman–Crippen MR) is 127 cm³/mol. The van der Waals surface area contributed by atoms with Crippen molar-refractivity contribution in [3.05, 3.63) is 60.2 Å². The summed E-state index contributed by atoms with van der Waals surface area (Å²) in [4.78, 5) is 28.6. The van der Waals surface area contributed by atoms with E-state index in [1.54, 1.807) is 17.1 Å². The SMILES string of the molecule is CC(=O)c1c(C2CCC(CC(=O)O)CC2)nc2c(-c3cnn(-c4ccccc4)c3)cnn2c1N. The molecular formula is C25H26N6O3. The Kier molecular flexibility index (Phi) is 5.61. The Morgan fingerprint density at radius 3 is 2.50 bits per heavy atom. The fraction of sp³-hybridized carbons (Fsp3) is 0.320. The number of nitrogen functional groups attached to an aromatic ring is 1. The van der Waals surface area contributed by atoms with E-state index in [1.165, 1.54) is 11.4 Å². The van der Waals surface area contributed by atoms with Crippen molar-refractivity contribution in [1.29, 1.82) is 0 Å². The molecule has 1 saturated carbocycles. The lowest BCUT2D eigenvalue weighted by Gasteiger charge is -2.28. The maximum Gasteiger partial charge on any atom is 0.303 e.